The van der Waals surface area contributed by atoms with Gasteiger partial charge in [0.05, 0.1) is 7.11 Å². The van der Waals surface area contributed by atoms with Crippen molar-refractivity contribution in [2.45, 2.75) is 18.9 Å². The SMILES string of the molecule is COC(=O)[C@H](Cc1ccc(O)cc1)N1CC(CBr)CC1=O. The molecule has 1 amide bonds. The molecule has 0 aliphatic carbocycles. The number of phenols is 1. The molecule has 1 N–H and O–H groups in total. The Morgan fingerprint density at radius 3 is 2.67 bits per heavy atom. The van der Waals surface area contributed by atoms with Crippen molar-refractivity contribution >= 4 is 27.8 Å². The summed E-state index contributed by atoms with van der Waals surface area (Å²) in [5, 5.41) is 10.0. The zero-order valence-corrected chi connectivity index (χ0v) is 13.4. The number of hydrogen-bond acceptors (Lipinski definition) is 4. The lowest BCUT2D eigenvalue weighted by atomic mass is 10.0. The highest BCUT2D eigenvalue weighted by Gasteiger charge is 2.37. The average Bonchev–Trinajstić information content (AvgIpc) is 2.87. The summed E-state index contributed by atoms with van der Waals surface area (Å²) in [7, 11) is 1.33. The molecule has 0 saturated carbocycles. The largest absolute Gasteiger partial charge is 0.508 e. The Morgan fingerprint density at radius 1 is 1.48 bits per heavy atom. The molecule has 1 saturated heterocycles. The third-order valence-corrected chi connectivity index (χ3v) is 4.59. The van der Waals surface area contributed by atoms with Crippen LogP contribution < -0.4 is 0 Å². The number of methoxy groups -OCH3 is 1. The van der Waals surface area contributed by atoms with Gasteiger partial charge < -0.3 is 14.7 Å². The van der Waals surface area contributed by atoms with Crippen LogP contribution in [0.4, 0.5) is 0 Å². The number of hydrogen-bond donors (Lipinski definition) is 1. The quantitative estimate of drug-likeness (QED) is 0.645. The van der Waals surface area contributed by atoms with Crippen LogP contribution in [-0.4, -0.2) is 46.9 Å². The number of amides is 1. The Kier molecular flexibility index (Phi) is 5.22. The molecular weight excluding hydrogens is 338 g/mol. The maximum Gasteiger partial charge on any atom is 0.328 e. The number of esters is 1. The van der Waals surface area contributed by atoms with Gasteiger partial charge in [0.1, 0.15) is 11.8 Å². The Hall–Kier alpha value is -1.56. The Labute approximate surface area is 132 Å². The summed E-state index contributed by atoms with van der Waals surface area (Å²) in [6, 6.07) is 6.01. The van der Waals surface area contributed by atoms with Crippen molar-refractivity contribution in [1.29, 1.82) is 0 Å². The van der Waals surface area contributed by atoms with E-state index in [4.69, 9.17) is 4.74 Å². The summed E-state index contributed by atoms with van der Waals surface area (Å²) in [5.74, 6) is -0.0327. The number of carbonyl (C=O) groups is 2. The van der Waals surface area contributed by atoms with Gasteiger partial charge in [-0.05, 0) is 23.6 Å². The van der Waals surface area contributed by atoms with E-state index in [-0.39, 0.29) is 17.6 Å². The molecule has 1 heterocycles. The van der Waals surface area contributed by atoms with Crippen LogP contribution in [0.15, 0.2) is 24.3 Å². The lowest BCUT2D eigenvalue weighted by Crippen LogP contribution is -2.44. The number of ether oxygens (including phenoxy) is 1. The minimum absolute atomic E-state index is 0.0198. The summed E-state index contributed by atoms with van der Waals surface area (Å²) in [4.78, 5) is 25.7. The van der Waals surface area contributed by atoms with Gasteiger partial charge in [0.25, 0.3) is 0 Å². The van der Waals surface area contributed by atoms with Gasteiger partial charge >= 0.3 is 5.97 Å². The summed E-state index contributed by atoms with van der Waals surface area (Å²) in [6.07, 6.45) is 0.835. The first-order valence-corrected chi connectivity index (χ1v) is 7.88. The molecule has 1 aromatic rings. The molecule has 0 radical (unpaired) electrons. The molecule has 21 heavy (non-hydrogen) atoms. The van der Waals surface area contributed by atoms with Crippen LogP contribution in [-0.2, 0) is 20.7 Å². The van der Waals surface area contributed by atoms with Crippen LogP contribution in [0, 0.1) is 5.92 Å². The second-order valence-electron chi connectivity index (χ2n) is 5.18. The van der Waals surface area contributed by atoms with E-state index in [1.54, 1.807) is 29.2 Å². The lowest BCUT2D eigenvalue weighted by molar-refractivity contribution is -0.151. The van der Waals surface area contributed by atoms with Gasteiger partial charge in [0.15, 0.2) is 0 Å². The predicted octanol–water partition coefficient (Wildman–Crippen LogP) is 1.72. The molecule has 2 rings (SSSR count). The standard InChI is InChI=1S/C15H18BrNO4/c1-21-15(20)13(6-10-2-4-12(18)5-3-10)17-9-11(8-16)7-14(17)19/h2-5,11,13,18H,6-9H2,1H3/t11?,13-/m0/s1. The fraction of sp³-hybridized carbons (Fsp3) is 0.467. The highest BCUT2D eigenvalue weighted by molar-refractivity contribution is 9.09. The van der Waals surface area contributed by atoms with E-state index >= 15 is 0 Å². The second-order valence-corrected chi connectivity index (χ2v) is 5.83. The van der Waals surface area contributed by atoms with Gasteiger partial charge in [-0.15, -0.1) is 0 Å². The minimum Gasteiger partial charge on any atom is -0.508 e. The van der Waals surface area contributed by atoms with Crippen LogP contribution in [0.5, 0.6) is 5.75 Å². The third-order valence-electron chi connectivity index (χ3n) is 3.67. The number of rotatable bonds is 5. The first-order chi connectivity index (χ1) is 10.0. The lowest BCUT2D eigenvalue weighted by Gasteiger charge is -2.26. The van der Waals surface area contributed by atoms with Crippen molar-refractivity contribution in [3.63, 3.8) is 0 Å². The highest BCUT2D eigenvalue weighted by Crippen LogP contribution is 2.24. The van der Waals surface area contributed by atoms with Crippen molar-refractivity contribution in [2.24, 2.45) is 5.92 Å². The van der Waals surface area contributed by atoms with Crippen molar-refractivity contribution in [3.05, 3.63) is 29.8 Å². The number of carbonyl (C=O) groups excluding carboxylic acids is 2. The minimum atomic E-state index is -0.615. The molecule has 6 heteroatoms. The predicted molar refractivity (Wildman–Crippen MR) is 81.2 cm³/mol. The number of phenolic OH excluding ortho intramolecular Hbond substituents is 1. The first kappa shape index (κ1) is 15.8. The summed E-state index contributed by atoms with van der Waals surface area (Å²) < 4.78 is 4.84. The van der Waals surface area contributed by atoms with Gasteiger partial charge in [-0.3, -0.25) is 4.79 Å². The monoisotopic (exact) mass is 355 g/mol. The fourth-order valence-electron chi connectivity index (χ4n) is 2.53. The molecule has 0 bridgehead atoms. The number of benzene rings is 1. The van der Waals surface area contributed by atoms with Gasteiger partial charge in [-0.25, -0.2) is 4.79 Å². The molecule has 1 aromatic carbocycles. The normalized spacial score (nSPS) is 19.6. The van der Waals surface area contributed by atoms with Crippen LogP contribution in [0.25, 0.3) is 0 Å². The van der Waals surface area contributed by atoms with E-state index in [9.17, 15) is 14.7 Å². The van der Waals surface area contributed by atoms with E-state index < -0.39 is 12.0 Å². The maximum absolute atomic E-state index is 12.1. The zero-order chi connectivity index (χ0) is 15.4. The first-order valence-electron chi connectivity index (χ1n) is 6.76. The number of likely N-dealkylation sites (tertiary alicyclic amines) is 1. The number of halogens is 1. The highest BCUT2D eigenvalue weighted by atomic mass is 79.9. The third kappa shape index (κ3) is 3.75. The van der Waals surface area contributed by atoms with E-state index in [0.717, 1.165) is 10.9 Å². The van der Waals surface area contributed by atoms with E-state index in [1.807, 2.05) is 0 Å². The summed E-state index contributed by atoms with van der Waals surface area (Å²) in [6.45, 7) is 0.557. The molecular formula is C15H18BrNO4. The van der Waals surface area contributed by atoms with Gasteiger partial charge in [-0.1, -0.05) is 28.1 Å². The van der Waals surface area contributed by atoms with Crippen LogP contribution in [0.3, 0.4) is 0 Å². The molecule has 0 aromatic heterocycles. The number of aromatic hydroxyl groups is 1. The van der Waals surface area contributed by atoms with Crippen molar-refractivity contribution in [3.8, 4) is 5.75 Å². The molecule has 1 unspecified atom stereocenters. The Balaban J connectivity index is 2.17. The van der Waals surface area contributed by atoms with Gasteiger partial charge in [0, 0.05) is 24.7 Å². The summed E-state index contributed by atoms with van der Waals surface area (Å²) >= 11 is 3.39. The van der Waals surface area contributed by atoms with Crippen LogP contribution in [0.1, 0.15) is 12.0 Å². The second kappa shape index (κ2) is 6.93. The molecule has 1 aliphatic rings. The molecule has 114 valence electrons. The molecule has 1 fully saturated rings. The average molecular weight is 356 g/mol. The van der Waals surface area contributed by atoms with E-state index in [0.29, 0.717) is 19.4 Å². The van der Waals surface area contributed by atoms with Crippen molar-refractivity contribution in [1.82, 2.24) is 4.90 Å². The van der Waals surface area contributed by atoms with E-state index in [1.165, 1.54) is 7.11 Å². The number of alkyl halides is 1. The van der Waals surface area contributed by atoms with Crippen molar-refractivity contribution < 1.29 is 19.4 Å². The number of nitrogens with zero attached hydrogens (tertiary/aromatic N) is 1. The maximum atomic E-state index is 12.1. The Morgan fingerprint density at radius 2 is 2.14 bits per heavy atom. The van der Waals surface area contributed by atoms with Crippen molar-refractivity contribution in [2.75, 3.05) is 19.0 Å². The Bertz CT molecular complexity index is 517. The molecule has 2 atom stereocenters. The topological polar surface area (TPSA) is 66.8 Å². The van der Waals surface area contributed by atoms with Crippen LogP contribution >= 0.6 is 15.9 Å². The smallest absolute Gasteiger partial charge is 0.328 e. The van der Waals surface area contributed by atoms with Gasteiger partial charge in [-0.2, -0.15) is 0 Å². The molecule has 1 aliphatic heterocycles. The fourth-order valence-corrected chi connectivity index (χ4v) is 2.96. The van der Waals surface area contributed by atoms with Gasteiger partial charge in [0.2, 0.25) is 5.91 Å². The summed E-state index contributed by atoms with van der Waals surface area (Å²) in [5.41, 5.74) is 0.873. The van der Waals surface area contributed by atoms with Crippen LogP contribution in [0.2, 0.25) is 0 Å². The zero-order valence-electron chi connectivity index (χ0n) is 11.8. The molecule has 0 spiro atoms. The molecule has 5 nitrogen and oxygen atoms in total. The van der Waals surface area contributed by atoms with E-state index in [2.05, 4.69) is 15.9 Å².